The maximum absolute atomic E-state index is 12.2. The maximum atomic E-state index is 12.2. The van der Waals surface area contributed by atoms with E-state index in [1.165, 1.54) is 0 Å². The van der Waals surface area contributed by atoms with Gasteiger partial charge < -0.3 is 10.1 Å². The fourth-order valence-electron chi connectivity index (χ4n) is 2.85. The van der Waals surface area contributed by atoms with Gasteiger partial charge in [0.15, 0.2) is 6.61 Å². The second kappa shape index (κ2) is 8.27. The Morgan fingerprint density at radius 2 is 1.89 bits per heavy atom. The van der Waals surface area contributed by atoms with Gasteiger partial charge in [0, 0.05) is 17.8 Å². The van der Waals surface area contributed by atoms with Crippen LogP contribution in [0.25, 0.3) is 5.69 Å². The summed E-state index contributed by atoms with van der Waals surface area (Å²) in [6, 6.07) is 15.4. The molecule has 1 N–H and O–H groups in total. The first-order valence-corrected chi connectivity index (χ1v) is 9.09. The van der Waals surface area contributed by atoms with Crippen LogP contribution in [0, 0.1) is 20.8 Å². The standard InChI is InChI=1S/C21H22ClN3O2/c1-14-9-10-19(22)20(11-14)27-13-21(26)23-12-18-15(2)24-25(16(18)3)17-7-5-4-6-8-17/h4-11H,12-13H2,1-3H3,(H,23,26). The molecule has 0 atom stereocenters. The number of nitrogens with one attached hydrogen (secondary N) is 1. The summed E-state index contributed by atoms with van der Waals surface area (Å²) in [5.74, 6) is 0.301. The normalized spacial score (nSPS) is 10.7. The second-order valence-electron chi connectivity index (χ2n) is 6.40. The highest BCUT2D eigenvalue weighted by molar-refractivity contribution is 6.32. The van der Waals surface area contributed by atoms with Gasteiger partial charge in [-0.1, -0.05) is 35.9 Å². The molecule has 0 aliphatic heterocycles. The molecule has 1 amide bonds. The van der Waals surface area contributed by atoms with E-state index in [1.807, 2.05) is 67.9 Å². The van der Waals surface area contributed by atoms with Crippen LogP contribution in [0.3, 0.4) is 0 Å². The highest BCUT2D eigenvalue weighted by Gasteiger charge is 2.14. The van der Waals surface area contributed by atoms with Gasteiger partial charge in [-0.25, -0.2) is 4.68 Å². The number of hydrogen-bond donors (Lipinski definition) is 1. The number of aromatic nitrogens is 2. The predicted molar refractivity (Wildman–Crippen MR) is 107 cm³/mol. The first-order chi connectivity index (χ1) is 13.0. The number of rotatable bonds is 6. The van der Waals surface area contributed by atoms with Crippen molar-refractivity contribution in [1.29, 1.82) is 0 Å². The first-order valence-electron chi connectivity index (χ1n) is 8.72. The monoisotopic (exact) mass is 383 g/mol. The third-order valence-electron chi connectivity index (χ3n) is 4.35. The Bertz CT molecular complexity index is 952. The van der Waals surface area contributed by atoms with Gasteiger partial charge in [0.1, 0.15) is 5.75 Å². The Hall–Kier alpha value is -2.79. The van der Waals surface area contributed by atoms with E-state index in [0.717, 1.165) is 28.2 Å². The van der Waals surface area contributed by atoms with Crippen LogP contribution in [0.1, 0.15) is 22.5 Å². The fourth-order valence-corrected chi connectivity index (χ4v) is 3.03. The van der Waals surface area contributed by atoms with E-state index in [1.54, 1.807) is 6.07 Å². The molecule has 0 unspecified atom stereocenters. The van der Waals surface area contributed by atoms with E-state index in [-0.39, 0.29) is 12.5 Å². The number of aryl methyl sites for hydroxylation is 2. The van der Waals surface area contributed by atoms with Crippen LogP contribution in [-0.2, 0) is 11.3 Å². The van der Waals surface area contributed by atoms with E-state index >= 15 is 0 Å². The van der Waals surface area contributed by atoms with Crippen LogP contribution >= 0.6 is 11.6 Å². The molecule has 0 fully saturated rings. The molecule has 0 spiro atoms. The van der Waals surface area contributed by atoms with Crippen molar-refractivity contribution >= 4 is 17.5 Å². The zero-order chi connectivity index (χ0) is 19.4. The lowest BCUT2D eigenvalue weighted by Crippen LogP contribution is -2.28. The largest absolute Gasteiger partial charge is 0.482 e. The fraction of sp³-hybridized carbons (Fsp3) is 0.238. The van der Waals surface area contributed by atoms with Gasteiger partial charge in [-0.05, 0) is 50.6 Å². The first kappa shape index (κ1) is 19.0. The number of ether oxygens (including phenoxy) is 1. The molecular weight excluding hydrogens is 362 g/mol. The lowest BCUT2D eigenvalue weighted by atomic mass is 10.2. The number of benzene rings is 2. The molecule has 0 saturated carbocycles. The Labute approximate surface area is 163 Å². The van der Waals surface area contributed by atoms with Crippen molar-refractivity contribution in [2.24, 2.45) is 0 Å². The van der Waals surface area contributed by atoms with Gasteiger partial charge in [-0.2, -0.15) is 5.10 Å². The highest BCUT2D eigenvalue weighted by atomic mass is 35.5. The van der Waals surface area contributed by atoms with Gasteiger partial charge in [0.05, 0.1) is 16.4 Å². The van der Waals surface area contributed by atoms with Crippen molar-refractivity contribution in [3.8, 4) is 11.4 Å². The SMILES string of the molecule is Cc1ccc(Cl)c(OCC(=O)NCc2c(C)nn(-c3ccccc3)c2C)c1. The Morgan fingerprint density at radius 3 is 2.63 bits per heavy atom. The summed E-state index contributed by atoms with van der Waals surface area (Å²) in [6.45, 7) is 6.19. The van der Waals surface area contributed by atoms with Gasteiger partial charge in [0.2, 0.25) is 0 Å². The number of nitrogens with zero attached hydrogens (tertiary/aromatic N) is 2. The Balaban J connectivity index is 1.62. The summed E-state index contributed by atoms with van der Waals surface area (Å²) in [4.78, 5) is 12.2. The number of carbonyl (C=O) groups excluding carboxylic acids is 1. The van der Waals surface area contributed by atoms with E-state index in [4.69, 9.17) is 16.3 Å². The average molecular weight is 384 g/mol. The summed E-state index contributed by atoms with van der Waals surface area (Å²) >= 11 is 6.09. The van der Waals surface area contributed by atoms with E-state index in [2.05, 4.69) is 10.4 Å². The van der Waals surface area contributed by atoms with Crippen molar-refractivity contribution in [1.82, 2.24) is 15.1 Å². The van der Waals surface area contributed by atoms with Crippen LogP contribution < -0.4 is 10.1 Å². The molecule has 6 heteroatoms. The number of carbonyl (C=O) groups is 1. The van der Waals surface area contributed by atoms with Gasteiger partial charge in [-0.15, -0.1) is 0 Å². The van der Waals surface area contributed by atoms with Crippen molar-refractivity contribution in [3.05, 3.63) is 76.1 Å². The van der Waals surface area contributed by atoms with Crippen molar-refractivity contribution in [2.45, 2.75) is 27.3 Å². The van der Waals surface area contributed by atoms with Crippen LogP contribution in [0.2, 0.25) is 5.02 Å². The third kappa shape index (κ3) is 4.49. The number of para-hydroxylation sites is 1. The molecule has 0 radical (unpaired) electrons. The lowest BCUT2D eigenvalue weighted by Gasteiger charge is -2.10. The van der Waals surface area contributed by atoms with Gasteiger partial charge in [-0.3, -0.25) is 4.79 Å². The van der Waals surface area contributed by atoms with Crippen LogP contribution in [0.4, 0.5) is 0 Å². The molecule has 0 aliphatic rings. The van der Waals surface area contributed by atoms with E-state index in [9.17, 15) is 4.79 Å². The summed E-state index contributed by atoms with van der Waals surface area (Å²) in [7, 11) is 0. The average Bonchev–Trinajstić information content (AvgIpc) is 2.95. The molecule has 27 heavy (non-hydrogen) atoms. The van der Waals surface area contributed by atoms with Crippen molar-refractivity contribution < 1.29 is 9.53 Å². The van der Waals surface area contributed by atoms with Crippen molar-refractivity contribution in [2.75, 3.05) is 6.61 Å². The Kier molecular flexibility index (Phi) is 5.81. The zero-order valence-corrected chi connectivity index (χ0v) is 16.4. The van der Waals surface area contributed by atoms with Gasteiger partial charge in [0.25, 0.3) is 5.91 Å². The number of amides is 1. The smallest absolute Gasteiger partial charge is 0.258 e. The molecule has 1 heterocycles. The minimum absolute atomic E-state index is 0.0892. The minimum atomic E-state index is -0.209. The zero-order valence-electron chi connectivity index (χ0n) is 15.6. The molecule has 0 saturated heterocycles. The van der Waals surface area contributed by atoms with Crippen LogP contribution in [0.5, 0.6) is 5.75 Å². The molecule has 3 rings (SSSR count). The molecule has 0 aliphatic carbocycles. The molecule has 0 bridgehead atoms. The highest BCUT2D eigenvalue weighted by Crippen LogP contribution is 2.25. The lowest BCUT2D eigenvalue weighted by molar-refractivity contribution is -0.123. The summed E-state index contributed by atoms with van der Waals surface area (Å²) in [5, 5.41) is 7.97. The molecule has 140 valence electrons. The molecule has 2 aromatic carbocycles. The predicted octanol–water partition coefficient (Wildman–Crippen LogP) is 4.15. The van der Waals surface area contributed by atoms with E-state index < -0.39 is 0 Å². The van der Waals surface area contributed by atoms with Gasteiger partial charge >= 0.3 is 0 Å². The van der Waals surface area contributed by atoms with Crippen molar-refractivity contribution in [3.63, 3.8) is 0 Å². The van der Waals surface area contributed by atoms with Crippen LogP contribution in [-0.4, -0.2) is 22.3 Å². The van der Waals surface area contributed by atoms with Crippen LogP contribution in [0.15, 0.2) is 48.5 Å². The quantitative estimate of drug-likeness (QED) is 0.695. The molecular formula is C21H22ClN3O2. The summed E-state index contributed by atoms with van der Waals surface area (Å²) in [5.41, 5.74) is 4.91. The number of halogens is 1. The molecule has 1 aromatic heterocycles. The summed E-state index contributed by atoms with van der Waals surface area (Å²) in [6.07, 6.45) is 0. The maximum Gasteiger partial charge on any atom is 0.258 e. The molecule has 5 nitrogen and oxygen atoms in total. The third-order valence-corrected chi connectivity index (χ3v) is 4.66. The minimum Gasteiger partial charge on any atom is -0.482 e. The van der Waals surface area contributed by atoms with E-state index in [0.29, 0.717) is 17.3 Å². The topological polar surface area (TPSA) is 56.1 Å². The second-order valence-corrected chi connectivity index (χ2v) is 6.80. The number of hydrogen-bond acceptors (Lipinski definition) is 3. The molecule has 3 aromatic rings. The summed E-state index contributed by atoms with van der Waals surface area (Å²) < 4.78 is 7.43. The Morgan fingerprint density at radius 1 is 1.15 bits per heavy atom.